The van der Waals surface area contributed by atoms with Crippen LogP contribution in [0.3, 0.4) is 0 Å². The number of amides is 1. The topological polar surface area (TPSA) is 60.3 Å². The summed E-state index contributed by atoms with van der Waals surface area (Å²) in [7, 11) is 1.59. The Hall–Kier alpha value is -2.60. The molecule has 1 heterocycles. The minimum Gasteiger partial charge on any atom is -0.497 e. The van der Waals surface area contributed by atoms with Crippen molar-refractivity contribution in [3.63, 3.8) is 0 Å². The van der Waals surface area contributed by atoms with E-state index in [0.717, 1.165) is 10.4 Å². The number of nitrogens with zero attached hydrogens (tertiary/aromatic N) is 1. The third kappa shape index (κ3) is 3.05. The molecule has 0 fully saturated rings. The van der Waals surface area contributed by atoms with Crippen LogP contribution in [0.5, 0.6) is 5.75 Å². The van der Waals surface area contributed by atoms with Gasteiger partial charge in [0.05, 0.1) is 17.2 Å². The van der Waals surface area contributed by atoms with E-state index >= 15 is 0 Å². The largest absolute Gasteiger partial charge is 0.497 e. The van der Waals surface area contributed by atoms with E-state index in [-0.39, 0.29) is 11.5 Å². The lowest BCUT2D eigenvalue weighted by atomic mass is 10.2. The molecule has 2 aromatic carbocycles. The molecule has 0 aliphatic heterocycles. The molecule has 1 atom stereocenters. The minimum absolute atomic E-state index is 0.118. The van der Waals surface area contributed by atoms with Crippen LogP contribution in [0.2, 0.25) is 0 Å². The number of fused-ring (bicyclic) bond motifs is 1. The van der Waals surface area contributed by atoms with Crippen molar-refractivity contribution in [3.8, 4) is 5.75 Å². The average Bonchev–Trinajstić information content (AvgIpc) is 2.93. The van der Waals surface area contributed by atoms with Crippen molar-refractivity contribution >= 4 is 33.2 Å². The predicted octanol–water partition coefficient (Wildman–Crippen LogP) is 3.66. The first-order valence-corrected chi connectivity index (χ1v) is 8.47. The average molecular weight is 342 g/mol. The fraction of sp³-hybridized carbons (Fsp3) is 0.222. The Morgan fingerprint density at radius 1 is 1.21 bits per heavy atom. The fourth-order valence-electron chi connectivity index (χ4n) is 2.55. The molecule has 3 rings (SSSR count). The molecule has 0 unspecified atom stereocenters. The highest BCUT2D eigenvalue weighted by atomic mass is 32.1. The standard InChI is InChI=1S/C18H18N2O3S/c1-3-15(17(21)19-12-8-10-13(23-2)11-9-12)20-18(22)14-6-4-5-7-16(14)24-20/h4-11,15H,3H2,1-2H3,(H,19,21)/t15-/m0/s1. The Kier molecular flexibility index (Phi) is 4.66. The van der Waals surface area contributed by atoms with Gasteiger partial charge in [-0.15, -0.1) is 0 Å². The van der Waals surface area contributed by atoms with Crippen molar-refractivity contribution in [2.45, 2.75) is 19.4 Å². The molecule has 124 valence electrons. The van der Waals surface area contributed by atoms with E-state index in [9.17, 15) is 9.59 Å². The summed E-state index contributed by atoms with van der Waals surface area (Å²) >= 11 is 1.32. The molecular weight excluding hydrogens is 324 g/mol. The molecule has 0 radical (unpaired) electrons. The number of rotatable bonds is 5. The second kappa shape index (κ2) is 6.88. The Bertz CT molecular complexity index is 912. The van der Waals surface area contributed by atoms with Gasteiger partial charge in [0.15, 0.2) is 0 Å². The molecule has 0 saturated carbocycles. The van der Waals surface area contributed by atoms with Crippen LogP contribution in [-0.2, 0) is 4.79 Å². The lowest BCUT2D eigenvalue weighted by Gasteiger charge is -2.15. The summed E-state index contributed by atoms with van der Waals surface area (Å²) in [6.45, 7) is 1.90. The van der Waals surface area contributed by atoms with E-state index in [4.69, 9.17) is 4.74 Å². The van der Waals surface area contributed by atoms with Crippen molar-refractivity contribution in [2.75, 3.05) is 12.4 Å². The highest BCUT2D eigenvalue weighted by Gasteiger charge is 2.22. The number of ether oxygens (including phenoxy) is 1. The number of carbonyl (C=O) groups excluding carboxylic acids is 1. The zero-order valence-electron chi connectivity index (χ0n) is 13.5. The van der Waals surface area contributed by atoms with Crippen molar-refractivity contribution < 1.29 is 9.53 Å². The van der Waals surface area contributed by atoms with Gasteiger partial charge >= 0.3 is 0 Å². The van der Waals surface area contributed by atoms with Crippen LogP contribution >= 0.6 is 11.5 Å². The Morgan fingerprint density at radius 2 is 1.92 bits per heavy atom. The predicted molar refractivity (Wildman–Crippen MR) is 97.0 cm³/mol. The molecule has 24 heavy (non-hydrogen) atoms. The molecule has 0 spiro atoms. The number of hydrogen-bond acceptors (Lipinski definition) is 4. The summed E-state index contributed by atoms with van der Waals surface area (Å²) in [5.41, 5.74) is 0.556. The number of carbonyl (C=O) groups is 1. The maximum atomic E-state index is 12.6. The number of nitrogens with one attached hydrogen (secondary N) is 1. The van der Waals surface area contributed by atoms with Crippen LogP contribution in [0.4, 0.5) is 5.69 Å². The minimum atomic E-state index is -0.531. The van der Waals surface area contributed by atoms with E-state index < -0.39 is 6.04 Å². The van der Waals surface area contributed by atoms with Crippen molar-refractivity contribution in [1.82, 2.24) is 3.96 Å². The summed E-state index contributed by atoms with van der Waals surface area (Å²) < 4.78 is 7.55. The van der Waals surface area contributed by atoms with Gasteiger partial charge in [0, 0.05) is 5.69 Å². The Balaban J connectivity index is 1.87. The quantitative estimate of drug-likeness (QED) is 0.770. The monoisotopic (exact) mass is 342 g/mol. The van der Waals surface area contributed by atoms with Crippen molar-refractivity contribution in [3.05, 3.63) is 58.9 Å². The number of aromatic nitrogens is 1. The third-order valence-electron chi connectivity index (χ3n) is 3.84. The lowest BCUT2D eigenvalue weighted by Crippen LogP contribution is -2.29. The van der Waals surface area contributed by atoms with Gasteiger partial charge < -0.3 is 10.1 Å². The van der Waals surface area contributed by atoms with E-state index in [1.54, 1.807) is 41.4 Å². The molecule has 0 aliphatic carbocycles. The second-order valence-electron chi connectivity index (χ2n) is 5.36. The highest BCUT2D eigenvalue weighted by molar-refractivity contribution is 7.14. The Morgan fingerprint density at radius 3 is 2.54 bits per heavy atom. The van der Waals surface area contributed by atoms with Crippen LogP contribution in [0, 0.1) is 0 Å². The van der Waals surface area contributed by atoms with Crippen LogP contribution in [-0.4, -0.2) is 17.0 Å². The van der Waals surface area contributed by atoms with Crippen LogP contribution in [0.25, 0.3) is 10.1 Å². The maximum Gasteiger partial charge on any atom is 0.269 e. The molecule has 1 aromatic heterocycles. The first kappa shape index (κ1) is 16.3. The van der Waals surface area contributed by atoms with Crippen molar-refractivity contribution in [2.24, 2.45) is 0 Å². The lowest BCUT2D eigenvalue weighted by molar-refractivity contribution is -0.119. The van der Waals surface area contributed by atoms with E-state index in [2.05, 4.69) is 5.32 Å². The molecule has 1 N–H and O–H groups in total. The zero-order valence-corrected chi connectivity index (χ0v) is 14.3. The molecule has 0 saturated heterocycles. The van der Waals surface area contributed by atoms with E-state index in [1.807, 2.05) is 25.1 Å². The van der Waals surface area contributed by atoms with Crippen LogP contribution in [0.15, 0.2) is 53.3 Å². The number of hydrogen-bond donors (Lipinski definition) is 1. The first-order valence-electron chi connectivity index (χ1n) is 7.69. The van der Waals surface area contributed by atoms with Gasteiger partial charge in [0.2, 0.25) is 5.91 Å². The molecule has 3 aromatic rings. The van der Waals surface area contributed by atoms with Gasteiger partial charge in [0.25, 0.3) is 5.56 Å². The number of methoxy groups -OCH3 is 1. The van der Waals surface area contributed by atoms with E-state index in [1.165, 1.54) is 11.5 Å². The Labute approximate surface area is 143 Å². The zero-order chi connectivity index (χ0) is 17.1. The SMILES string of the molecule is CC[C@@H](C(=O)Nc1ccc(OC)cc1)n1sc2ccccc2c1=O. The smallest absolute Gasteiger partial charge is 0.269 e. The summed E-state index contributed by atoms with van der Waals surface area (Å²) in [6, 6.07) is 14.0. The normalized spacial score (nSPS) is 12.1. The van der Waals surface area contributed by atoms with Crippen molar-refractivity contribution in [1.29, 1.82) is 0 Å². The molecule has 6 heteroatoms. The van der Waals surface area contributed by atoms with Gasteiger partial charge in [0.1, 0.15) is 11.8 Å². The number of anilines is 1. The summed E-state index contributed by atoms with van der Waals surface area (Å²) in [5, 5.41) is 3.52. The first-order chi connectivity index (χ1) is 11.6. The molecular formula is C18H18N2O3S. The van der Waals surface area contributed by atoms with Gasteiger partial charge in [-0.2, -0.15) is 0 Å². The summed E-state index contributed by atoms with van der Waals surface area (Å²) in [5.74, 6) is 0.525. The van der Waals surface area contributed by atoms with Gasteiger partial charge in [-0.05, 0) is 42.8 Å². The fourth-order valence-corrected chi connectivity index (χ4v) is 3.71. The molecule has 0 bridgehead atoms. The molecule has 1 amide bonds. The molecule has 5 nitrogen and oxygen atoms in total. The summed E-state index contributed by atoms with van der Waals surface area (Å²) in [6.07, 6.45) is 0.536. The van der Waals surface area contributed by atoms with Crippen LogP contribution in [0.1, 0.15) is 19.4 Å². The summed E-state index contributed by atoms with van der Waals surface area (Å²) in [4.78, 5) is 25.2. The van der Waals surface area contributed by atoms with Gasteiger partial charge in [-0.25, -0.2) is 0 Å². The van der Waals surface area contributed by atoms with E-state index in [0.29, 0.717) is 17.5 Å². The second-order valence-corrected chi connectivity index (χ2v) is 6.38. The van der Waals surface area contributed by atoms with Gasteiger partial charge in [-0.3, -0.25) is 13.5 Å². The van der Waals surface area contributed by atoms with Crippen LogP contribution < -0.4 is 15.6 Å². The molecule has 0 aliphatic rings. The van der Waals surface area contributed by atoms with Gasteiger partial charge in [-0.1, -0.05) is 30.6 Å². The number of benzene rings is 2. The highest BCUT2D eigenvalue weighted by Crippen LogP contribution is 2.23. The third-order valence-corrected chi connectivity index (χ3v) is 5.01. The maximum absolute atomic E-state index is 12.6.